The molecule has 1 unspecified atom stereocenters. The van der Waals surface area contributed by atoms with E-state index in [4.69, 9.17) is 66.3 Å². The summed E-state index contributed by atoms with van der Waals surface area (Å²) in [4.78, 5) is 0. The quantitative estimate of drug-likeness (QED) is 0.0358. The number of ether oxygens (including phenoxy) is 14. The van der Waals surface area contributed by atoms with Crippen LogP contribution in [0.1, 0.15) is 107 Å². The van der Waals surface area contributed by atoms with E-state index in [1.807, 2.05) is 13.8 Å². The van der Waals surface area contributed by atoms with Gasteiger partial charge in [-0.3, -0.25) is 0 Å². The number of hydrogen-bond acceptors (Lipinski definition) is 39. The molecule has 0 aromatic carbocycles. The first-order chi connectivity index (χ1) is 52.0. The summed E-state index contributed by atoms with van der Waals surface area (Å²) in [5, 5.41) is 273. The van der Waals surface area contributed by atoms with E-state index in [-0.39, 0.29) is 30.1 Å². The molecule has 10 fully saturated rings. The molecular weight excluding hydrogens is 1490 g/mol. The van der Waals surface area contributed by atoms with Crippen molar-refractivity contribution in [3.63, 3.8) is 0 Å². The fraction of sp³-hybridized carbons (Fsp3) is 0.972. The van der Waals surface area contributed by atoms with Gasteiger partial charge >= 0.3 is 0 Å². The van der Waals surface area contributed by atoms with E-state index in [9.17, 15) is 128 Å². The fourth-order valence-electron chi connectivity index (χ4n) is 19.8. The van der Waals surface area contributed by atoms with E-state index in [2.05, 4.69) is 33.8 Å². The molecule has 644 valence electrons. The SMILES string of the molecule is C[C@H](CC[C@@H](O[C@@H]1O[C@H](CO[C@@H]2O[C@H](CO)[C@@H](O)[C@H](O)[C@H]2O)[C@@H](O)[C@H](O)[C@H]1O[C@@H]1O[C@H](CO)[C@@H](O)[C@H](O)[C@H]1O)C(C)(C)O)[C@H]1CC[C@@]2(C)[C@@H]3CC=C4C(CC[C@H](O[C@@H]5O[C@H](CO[C@@H]6O[C@H](CO[C@@H]7O[C@H](CO)[C@@H](O)[C@H](O)[C@H]7O)[C@@H](O)[C@H](O)[C@H]6O)[C@@H](O)[C@H](O)[C@H]5O[C@@H]5O[C@H](CO)[C@@H](O)[C@H](O)[C@H]5O)C4(C)C)[C@]3(C)[C@H](O)C[C@]12C. The molecule has 45 atom stereocenters. The molecule has 11 aliphatic rings. The van der Waals surface area contributed by atoms with Crippen molar-refractivity contribution in [2.24, 2.45) is 45.3 Å². The highest BCUT2D eigenvalue weighted by atomic mass is 16.8. The van der Waals surface area contributed by atoms with Crippen LogP contribution in [0.3, 0.4) is 0 Å². The maximum absolute atomic E-state index is 13.1. The minimum Gasteiger partial charge on any atom is -0.394 e. The standard InChI is InChI=1S/C72H122O39/c1-25(9-13-39(69(4,5)97)109-67-60(111-65-58(96)50(88)43(81)32(21-76)104-65)53(91)46(84)35(107-67)23-99-62-55(93)48(86)41(79)30(19-74)102-62)26-15-16-70(6)36-12-10-27-28(72(36,8)37(77)17-71(26,70)7)11-14-38(68(27,2)3)108-66-59(110-64-57(95)49(87)42(80)31(20-75)103-64)52(90)45(83)34(106-66)24-100-63-56(94)51(89)44(82)33(105-63)22-98-61-54(92)47(85)40(78)29(18-73)101-61/h10,25-26,28-67,73-97H,9,11-24H2,1-8H3/t25-,26-,28?,29-,30-,31-,32-,33-,34-,35-,36+,37-,38+,39-,40-,41-,42-,43-,44-,45-,46-,47+,48+,49+,50+,51+,52+,53+,54-,55-,56-,57-,58-,59-,60-,61-,62-,63-,64+,65+,66+,67+,70+,71-,72+/m1/s1. The van der Waals surface area contributed by atoms with Crippen LogP contribution in [0.25, 0.3) is 0 Å². The Bertz CT molecular complexity index is 3000. The van der Waals surface area contributed by atoms with Gasteiger partial charge in [0.2, 0.25) is 0 Å². The predicted octanol–water partition coefficient (Wildman–Crippen LogP) is -9.76. The molecule has 0 radical (unpaired) electrons. The second-order valence-electron chi connectivity index (χ2n) is 34.4. The third-order valence-electron chi connectivity index (χ3n) is 27.1. The number of aliphatic hydroxyl groups is 25. The van der Waals surface area contributed by atoms with Crippen LogP contribution in [0.15, 0.2) is 11.6 Å². The molecule has 0 amide bonds. The molecule has 39 nitrogen and oxygen atoms in total. The summed E-state index contributed by atoms with van der Waals surface area (Å²) in [6, 6.07) is 0. The molecule has 7 heterocycles. The monoisotopic (exact) mass is 1610 g/mol. The smallest absolute Gasteiger partial charge is 0.187 e. The van der Waals surface area contributed by atoms with Crippen LogP contribution < -0.4 is 0 Å². The first-order valence-electron chi connectivity index (χ1n) is 38.6. The lowest BCUT2D eigenvalue weighted by Crippen LogP contribution is -2.66. The summed E-state index contributed by atoms with van der Waals surface area (Å²) >= 11 is 0. The highest BCUT2D eigenvalue weighted by molar-refractivity contribution is 5.32. The molecule has 0 bridgehead atoms. The van der Waals surface area contributed by atoms with Gasteiger partial charge in [0.1, 0.15) is 171 Å². The average Bonchev–Trinajstić information content (AvgIpc) is 1.62. The Labute approximate surface area is 640 Å². The minimum atomic E-state index is -2.01. The Balaban J connectivity index is 0.789. The number of aliphatic hydroxyl groups excluding tert-OH is 24. The maximum atomic E-state index is 13.1. The van der Waals surface area contributed by atoms with E-state index < -0.39 is 307 Å². The van der Waals surface area contributed by atoms with Crippen LogP contribution in [0.5, 0.6) is 0 Å². The summed E-state index contributed by atoms with van der Waals surface area (Å²) in [6.45, 7) is 10.2. The van der Waals surface area contributed by atoms with Crippen molar-refractivity contribution in [1.82, 2.24) is 0 Å². The van der Waals surface area contributed by atoms with Crippen molar-refractivity contribution in [2.75, 3.05) is 46.2 Å². The lowest BCUT2D eigenvalue weighted by atomic mass is 9.38. The maximum Gasteiger partial charge on any atom is 0.187 e. The molecule has 111 heavy (non-hydrogen) atoms. The zero-order valence-corrected chi connectivity index (χ0v) is 63.3. The average molecular weight is 1610 g/mol. The van der Waals surface area contributed by atoms with Crippen LogP contribution in [-0.4, -0.2) is 413 Å². The molecule has 0 aromatic heterocycles. The number of fused-ring (bicyclic) bond motifs is 5. The molecular formula is C72H122O39. The molecule has 0 spiro atoms. The van der Waals surface area contributed by atoms with Gasteiger partial charge < -0.3 is 194 Å². The summed E-state index contributed by atoms with van der Waals surface area (Å²) in [5.74, 6) is -0.467. The van der Waals surface area contributed by atoms with Gasteiger partial charge in [0.15, 0.2) is 44.0 Å². The summed E-state index contributed by atoms with van der Waals surface area (Å²) in [6.07, 6.45) is -59.4. The molecule has 7 aliphatic heterocycles. The highest BCUT2D eigenvalue weighted by Gasteiger charge is 2.71. The third kappa shape index (κ3) is 17.0. The zero-order valence-electron chi connectivity index (χ0n) is 63.3. The first-order valence-corrected chi connectivity index (χ1v) is 38.6. The van der Waals surface area contributed by atoms with Crippen molar-refractivity contribution < 1.29 is 194 Å². The van der Waals surface area contributed by atoms with Crippen molar-refractivity contribution in [1.29, 1.82) is 0 Å². The number of allylic oxidation sites excluding steroid dienone is 1. The number of rotatable bonds is 26. The van der Waals surface area contributed by atoms with Crippen LogP contribution >= 0.6 is 0 Å². The minimum absolute atomic E-state index is 0.0228. The molecule has 3 saturated carbocycles. The van der Waals surface area contributed by atoms with Gasteiger partial charge in [-0.2, -0.15) is 0 Å². The van der Waals surface area contributed by atoms with Crippen molar-refractivity contribution in [2.45, 2.75) is 346 Å². The van der Waals surface area contributed by atoms with Gasteiger partial charge in [-0.1, -0.05) is 53.2 Å². The van der Waals surface area contributed by atoms with Crippen molar-refractivity contribution >= 4 is 0 Å². The third-order valence-corrected chi connectivity index (χ3v) is 27.1. The predicted molar refractivity (Wildman–Crippen MR) is 366 cm³/mol. The molecule has 4 aliphatic carbocycles. The van der Waals surface area contributed by atoms with Gasteiger partial charge in [-0.05, 0) is 99.7 Å². The first kappa shape index (κ1) is 90.0. The Morgan fingerprint density at radius 1 is 0.414 bits per heavy atom. The molecule has 7 saturated heterocycles. The van der Waals surface area contributed by atoms with E-state index in [0.717, 1.165) is 18.4 Å². The van der Waals surface area contributed by atoms with E-state index in [0.29, 0.717) is 32.1 Å². The van der Waals surface area contributed by atoms with Gasteiger partial charge in [0.05, 0.1) is 70.2 Å². The summed E-state index contributed by atoms with van der Waals surface area (Å²) in [7, 11) is 0. The van der Waals surface area contributed by atoms with E-state index in [1.54, 1.807) is 0 Å². The molecule has 11 rings (SSSR count). The highest BCUT2D eigenvalue weighted by Crippen LogP contribution is 2.75. The van der Waals surface area contributed by atoms with Gasteiger partial charge in [-0.25, -0.2) is 0 Å². The normalized spacial score (nSPS) is 52.3. The lowest BCUT2D eigenvalue weighted by molar-refractivity contribution is -0.380. The van der Waals surface area contributed by atoms with Crippen molar-refractivity contribution in [3.8, 4) is 0 Å². The van der Waals surface area contributed by atoms with Crippen LogP contribution in [0, 0.1) is 45.3 Å². The summed E-state index contributed by atoms with van der Waals surface area (Å²) < 4.78 is 83.6. The van der Waals surface area contributed by atoms with Crippen LogP contribution in [0.2, 0.25) is 0 Å². The Morgan fingerprint density at radius 3 is 1.19 bits per heavy atom. The molecule has 25 N–H and O–H groups in total. The largest absolute Gasteiger partial charge is 0.394 e. The van der Waals surface area contributed by atoms with Gasteiger partial charge in [-0.15, -0.1) is 0 Å². The van der Waals surface area contributed by atoms with E-state index >= 15 is 0 Å². The fourth-order valence-corrected chi connectivity index (χ4v) is 19.8. The molecule has 0 aromatic rings. The van der Waals surface area contributed by atoms with E-state index in [1.165, 1.54) is 13.8 Å². The lowest BCUT2D eigenvalue weighted by Gasteiger charge is -2.67. The Kier molecular flexibility index (Phi) is 28.7. The second-order valence-corrected chi connectivity index (χ2v) is 34.4. The number of hydrogen-bond donors (Lipinski definition) is 25. The Morgan fingerprint density at radius 2 is 0.775 bits per heavy atom. The summed E-state index contributed by atoms with van der Waals surface area (Å²) in [5.41, 5.74) is -3.27. The van der Waals surface area contributed by atoms with Crippen LogP contribution in [0.4, 0.5) is 0 Å². The Hall–Kier alpha value is -1.82. The van der Waals surface area contributed by atoms with Gasteiger partial charge in [0, 0.05) is 10.8 Å². The topological polar surface area (TPSA) is 635 Å². The van der Waals surface area contributed by atoms with Gasteiger partial charge in [0.25, 0.3) is 0 Å². The van der Waals surface area contributed by atoms with Crippen LogP contribution in [-0.2, 0) is 66.3 Å². The van der Waals surface area contributed by atoms with Crippen molar-refractivity contribution in [3.05, 3.63) is 11.6 Å². The second kappa shape index (κ2) is 35.5. The zero-order chi connectivity index (χ0) is 81.5. The molecule has 39 heteroatoms.